The first-order valence-corrected chi connectivity index (χ1v) is 6.58. The lowest BCUT2D eigenvalue weighted by Crippen LogP contribution is -2.27. The molecule has 2 aliphatic carbocycles. The first-order chi connectivity index (χ1) is 7.25. The summed E-state index contributed by atoms with van der Waals surface area (Å²) < 4.78 is 1.51. The Morgan fingerprint density at radius 3 is 3.00 bits per heavy atom. The van der Waals surface area contributed by atoms with Crippen molar-refractivity contribution < 1.29 is 0 Å². The van der Waals surface area contributed by atoms with Gasteiger partial charge in [-0.2, -0.15) is 0 Å². The summed E-state index contributed by atoms with van der Waals surface area (Å²) in [5.41, 5.74) is 1.61. The van der Waals surface area contributed by atoms with E-state index in [9.17, 15) is 0 Å². The van der Waals surface area contributed by atoms with Crippen molar-refractivity contribution in [2.24, 2.45) is 5.92 Å². The summed E-state index contributed by atoms with van der Waals surface area (Å²) in [6.45, 7) is 4.66. The van der Waals surface area contributed by atoms with Gasteiger partial charge in [-0.3, -0.25) is 0 Å². The van der Waals surface area contributed by atoms with Gasteiger partial charge in [-0.15, -0.1) is 11.3 Å². The summed E-state index contributed by atoms with van der Waals surface area (Å²) in [6.07, 6.45) is 11.9. The average molecular weight is 216 g/mol. The Hall–Kier alpha value is -0.820. The molecule has 0 N–H and O–H groups in total. The van der Waals surface area contributed by atoms with E-state index < -0.39 is 0 Å². The minimum Gasteiger partial charge on any atom is -0.136 e. The fourth-order valence-corrected chi connectivity index (χ4v) is 3.88. The third kappa shape index (κ3) is 1.41. The van der Waals surface area contributed by atoms with Crippen molar-refractivity contribution in [1.29, 1.82) is 0 Å². The molecule has 0 aliphatic heterocycles. The third-order valence-electron chi connectivity index (χ3n) is 3.42. The first kappa shape index (κ1) is 9.41. The number of hydrogen-bond donors (Lipinski definition) is 0. The molecule has 0 fully saturated rings. The SMILES string of the molecule is CC1C=c2c3c(sc2=CC1)C=CCC3C. The van der Waals surface area contributed by atoms with Crippen LogP contribution in [0.4, 0.5) is 0 Å². The molecule has 0 radical (unpaired) electrons. The number of fused-ring (bicyclic) bond motifs is 3. The minimum absolute atomic E-state index is 0.708. The third-order valence-corrected chi connectivity index (χ3v) is 4.60. The van der Waals surface area contributed by atoms with Crippen molar-refractivity contribution >= 4 is 29.6 Å². The largest absolute Gasteiger partial charge is 0.136 e. The molecule has 2 aliphatic rings. The highest BCUT2D eigenvalue weighted by Crippen LogP contribution is 2.29. The summed E-state index contributed by atoms with van der Waals surface area (Å²) in [7, 11) is 0. The van der Waals surface area contributed by atoms with E-state index in [0.29, 0.717) is 11.8 Å². The minimum atomic E-state index is 0.708. The lowest BCUT2D eigenvalue weighted by molar-refractivity contribution is 0.760. The topological polar surface area (TPSA) is 0 Å². The second-order valence-corrected chi connectivity index (χ2v) is 5.86. The average Bonchev–Trinajstić information content (AvgIpc) is 2.57. The smallest absolute Gasteiger partial charge is 0.0314 e. The van der Waals surface area contributed by atoms with Crippen LogP contribution in [0.3, 0.4) is 0 Å². The number of thiophene rings is 1. The zero-order valence-electron chi connectivity index (χ0n) is 9.29. The van der Waals surface area contributed by atoms with Gasteiger partial charge >= 0.3 is 0 Å². The molecule has 0 amide bonds. The zero-order chi connectivity index (χ0) is 10.4. The summed E-state index contributed by atoms with van der Waals surface area (Å²) in [4.78, 5) is 1.50. The Morgan fingerprint density at radius 2 is 2.13 bits per heavy atom. The Balaban J connectivity index is 2.35. The number of hydrogen-bond acceptors (Lipinski definition) is 1. The lowest BCUT2D eigenvalue weighted by Gasteiger charge is -2.14. The van der Waals surface area contributed by atoms with E-state index in [2.05, 4.69) is 38.2 Å². The van der Waals surface area contributed by atoms with Crippen LogP contribution in [0.1, 0.15) is 43.0 Å². The maximum atomic E-state index is 2.47. The standard InChI is InChI=1S/C14H16S/c1-9-6-7-12-11(8-9)14-10(2)4-3-5-13(14)15-12/h3,5,7-10H,4,6H2,1-2H3. The van der Waals surface area contributed by atoms with Crippen LogP contribution in [0, 0.1) is 5.92 Å². The monoisotopic (exact) mass is 216 g/mol. The van der Waals surface area contributed by atoms with Gasteiger partial charge in [0.15, 0.2) is 0 Å². The maximum Gasteiger partial charge on any atom is 0.0314 e. The van der Waals surface area contributed by atoms with Crippen molar-refractivity contribution in [1.82, 2.24) is 0 Å². The van der Waals surface area contributed by atoms with Crippen LogP contribution < -0.4 is 9.75 Å². The van der Waals surface area contributed by atoms with Gasteiger partial charge in [0.2, 0.25) is 0 Å². The fourth-order valence-electron chi connectivity index (χ4n) is 2.59. The maximum absolute atomic E-state index is 2.47. The van der Waals surface area contributed by atoms with Crippen molar-refractivity contribution in [3.05, 3.63) is 26.3 Å². The van der Waals surface area contributed by atoms with E-state index in [-0.39, 0.29) is 0 Å². The molecule has 0 aromatic carbocycles. The molecule has 2 unspecified atom stereocenters. The van der Waals surface area contributed by atoms with Gasteiger partial charge in [-0.1, -0.05) is 32.1 Å². The van der Waals surface area contributed by atoms with E-state index in [1.165, 1.54) is 22.3 Å². The molecule has 0 saturated heterocycles. The van der Waals surface area contributed by atoms with Crippen LogP contribution >= 0.6 is 11.3 Å². The summed E-state index contributed by atoms with van der Waals surface area (Å²) in [5.74, 6) is 1.43. The van der Waals surface area contributed by atoms with Crippen LogP contribution in [-0.4, -0.2) is 0 Å². The highest BCUT2D eigenvalue weighted by molar-refractivity contribution is 7.11. The molecule has 1 heteroatoms. The van der Waals surface area contributed by atoms with Crippen molar-refractivity contribution in [3.63, 3.8) is 0 Å². The van der Waals surface area contributed by atoms with E-state index in [0.717, 1.165) is 0 Å². The van der Waals surface area contributed by atoms with Crippen molar-refractivity contribution in [3.8, 4) is 0 Å². The predicted octanol–water partition coefficient (Wildman–Crippen LogP) is 2.87. The normalized spacial score (nSPS) is 27.6. The molecule has 0 saturated carbocycles. The van der Waals surface area contributed by atoms with Crippen LogP contribution in [-0.2, 0) is 0 Å². The second kappa shape index (κ2) is 3.34. The molecular formula is C14H16S. The van der Waals surface area contributed by atoms with E-state index in [1.54, 1.807) is 10.8 Å². The first-order valence-electron chi connectivity index (χ1n) is 5.77. The van der Waals surface area contributed by atoms with Crippen LogP contribution in [0.2, 0.25) is 0 Å². The van der Waals surface area contributed by atoms with E-state index >= 15 is 0 Å². The number of allylic oxidation sites excluding steroid dienone is 1. The summed E-state index contributed by atoms with van der Waals surface area (Å²) in [6, 6.07) is 0. The van der Waals surface area contributed by atoms with E-state index in [4.69, 9.17) is 0 Å². The van der Waals surface area contributed by atoms with Gasteiger partial charge in [-0.05, 0) is 41.5 Å². The van der Waals surface area contributed by atoms with Crippen molar-refractivity contribution in [2.45, 2.75) is 32.6 Å². The quantitative estimate of drug-likeness (QED) is 0.625. The van der Waals surface area contributed by atoms with Gasteiger partial charge in [0.1, 0.15) is 0 Å². The molecule has 0 nitrogen and oxygen atoms in total. The molecular weight excluding hydrogens is 200 g/mol. The molecule has 0 bridgehead atoms. The second-order valence-electron chi connectivity index (χ2n) is 4.78. The molecule has 2 atom stereocenters. The Bertz CT molecular complexity index is 530. The van der Waals surface area contributed by atoms with Gasteiger partial charge in [0, 0.05) is 9.41 Å². The summed E-state index contributed by atoms with van der Waals surface area (Å²) >= 11 is 1.97. The summed E-state index contributed by atoms with van der Waals surface area (Å²) in [5, 5.41) is 1.55. The number of rotatable bonds is 0. The fraction of sp³-hybridized carbons (Fsp3) is 0.429. The van der Waals surface area contributed by atoms with Crippen LogP contribution in [0.25, 0.3) is 18.2 Å². The molecule has 1 aromatic rings. The molecule has 78 valence electrons. The molecule has 0 spiro atoms. The van der Waals surface area contributed by atoms with Gasteiger partial charge in [0.25, 0.3) is 0 Å². The highest BCUT2D eigenvalue weighted by atomic mass is 32.1. The van der Waals surface area contributed by atoms with Crippen LogP contribution in [0.5, 0.6) is 0 Å². The van der Waals surface area contributed by atoms with Gasteiger partial charge in [0.05, 0.1) is 0 Å². The Kier molecular flexibility index (Phi) is 2.10. The Morgan fingerprint density at radius 1 is 1.27 bits per heavy atom. The molecule has 3 rings (SSSR count). The molecule has 1 aromatic heterocycles. The predicted molar refractivity (Wildman–Crippen MR) is 68.3 cm³/mol. The van der Waals surface area contributed by atoms with Gasteiger partial charge < -0.3 is 0 Å². The molecule has 15 heavy (non-hydrogen) atoms. The Labute approximate surface area is 94.6 Å². The molecule has 1 heterocycles. The lowest BCUT2D eigenvalue weighted by atomic mass is 9.90. The van der Waals surface area contributed by atoms with Gasteiger partial charge in [-0.25, -0.2) is 0 Å². The zero-order valence-corrected chi connectivity index (χ0v) is 10.1. The van der Waals surface area contributed by atoms with Crippen molar-refractivity contribution in [2.75, 3.05) is 0 Å². The highest BCUT2D eigenvalue weighted by Gasteiger charge is 2.18. The van der Waals surface area contributed by atoms with E-state index in [1.807, 2.05) is 11.3 Å². The van der Waals surface area contributed by atoms with Crippen LogP contribution in [0.15, 0.2) is 6.08 Å².